The van der Waals surface area contributed by atoms with Gasteiger partial charge in [-0.15, -0.1) is 0 Å². The molecule has 1 aliphatic heterocycles. The number of hydrogen-bond acceptors (Lipinski definition) is 5. The van der Waals surface area contributed by atoms with Gasteiger partial charge in [-0.05, 0) is 53.8 Å². The van der Waals surface area contributed by atoms with Gasteiger partial charge in [0.15, 0.2) is 11.5 Å². The number of ketones is 1. The molecule has 2 aliphatic rings. The Bertz CT molecular complexity index is 1080. The molecule has 0 spiro atoms. The fraction of sp³-hybridized carbons (Fsp3) is 0.250. The van der Waals surface area contributed by atoms with E-state index in [0.717, 1.165) is 46.5 Å². The molecule has 3 aromatic rings. The number of ether oxygens (including phenoxy) is 2. The zero-order valence-electron chi connectivity index (χ0n) is 15.9. The van der Waals surface area contributed by atoms with Crippen molar-refractivity contribution < 1.29 is 20.8 Å². The second-order valence-corrected chi connectivity index (χ2v) is 7.65. The van der Waals surface area contributed by atoms with Crippen LogP contribution in [0.4, 0.5) is 0 Å². The number of aromatic nitrogens is 1. The molecule has 1 saturated carbocycles. The number of fused-ring (bicyclic) bond motifs is 1. The molecule has 0 atom stereocenters. The van der Waals surface area contributed by atoms with Gasteiger partial charge in [0.25, 0.3) is 0 Å². The molecule has 0 radical (unpaired) electrons. The van der Waals surface area contributed by atoms with E-state index in [1.807, 2.05) is 54.6 Å². The summed E-state index contributed by atoms with van der Waals surface area (Å²) in [5.41, 5.74) is 4.18. The quantitative estimate of drug-likeness (QED) is 0.689. The summed E-state index contributed by atoms with van der Waals surface area (Å²) < 4.78 is 10.8. The van der Waals surface area contributed by atoms with Crippen LogP contribution in [0.5, 0.6) is 11.5 Å². The van der Waals surface area contributed by atoms with Crippen LogP contribution >= 0.6 is 0 Å². The molecule has 5 rings (SSSR count). The third-order valence-corrected chi connectivity index (χ3v) is 5.82. The van der Waals surface area contributed by atoms with Crippen molar-refractivity contribution in [2.24, 2.45) is 0 Å². The Kier molecular flexibility index (Phi) is 4.32. The largest absolute Gasteiger partial charge is 0.454 e. The highest BCUT2D eigenvalue weighted by atomic mass is 16.7. The van der Waals surface area contributed by atoms with E-state index >= 15 is 0 Å². The van der Waals surface area contributed by atoms with Gasteiger partial charge in [-0.3, -0.25) is 9.78 Å². The van der Waals surface area contributed by atoms with Crippen molar-refractivity contribution in [1.29, 1.82) is 0 Å². The first-order valence-electron chi connectivity index (χ1n) is 9.76. The van der Waals surface area contributed by atoms with E-state index in [9.17, 15) is 9.90 Å². The van der Waals surface area contributed by atoms with Gasteiger partial charge in [0.05, 0.1) is 12.0 Å². The third-order valence-electron chi connectivity index (χ3n) is 5.82. The number of carbonyl (C=O) groups is 1. The van der Waals surface area contributed by atoms with E-state index in [4.69, 9.17) is 9.47 Å². The van der Waals surface area contributed by atoms with Gasteiger partial charge in [0.1, 0.15) is 5.78 Å². The predicted octanol–water partition coefficient (Wildman–Crippen LogP) is 4.06. The maximum Gasteiger partial charge on any atom is 0.231 e. The molecular formula is C24H23NO4. The molecular weight excluding hydrogens is 366 g/mol. The van der Waals surface area contributed by atoms with Crippen LogP contribution in [0.3, 0.4) is 0 Å². The van der Waals surface area contributed by atoms with Gasteiger partial charge < -0.3 is 14.6 Å². The number of pyridine rings is 1. The van der Waals surface area contributed by atoms with E-state index < -0.39 is 5.41 Å². The number of aliphatic hydroxyl groups excluding tert-OH is 1. The van der Waals surface area contributed by atoms with Crippen molar-refractivity contribution in [3.8, 4) is 22.6 Å². The second-order valence-electron chi connectivity index (χ2n) is 7.65. The van der Waals surface area contributed by atoms with Crippen molar-refractivity contribution in [2.45, 2.75) is 31.3 Å². The average Bonchev–Trinajstić information content (AvgIpc) is 3.45. The summed E-state index contributed by atoms with van der Waals surface area (Å²) in [6, 6.07) is 17.4. The Morgan fingerprint density at radius 3 is 2.66 bits per heavy atom. The number of hydrogen-bond donors (Lipinski definition) is 1. The minimum atomic E-state index is -0.420. The van der Waals surface area contributed by atoms with Gasteiger partial charge in [-0.25, -0.2) is 0 Å². The number of aliphatic hydroxyl groups is 1. The SMILES string of the molecule is O=C(Cc1ccc(-c2cccc(CO)c2)cn1)C1(c2ccc3c(c2)OCO3)CC1.[HH]. The summed E-state index contributed by atoms with van der Waals surface area (Å²) in [5, 5.41) is 9.31. The van der Waals surface area contributed by atoms with Gasteiger partial charge >= 0.3 is 0 Å². The molecule has 1 aliphatic carbocycles. The molecule has 5 heteroatoms. The summed E-state index contributed by atoms with van der Waals surface area (Å²) in [6.07, 6.45) is 3.82. The van der Waals surface area contributed by atoms with E-state index in [0.29, 0.717) is 12.2 Å². The summed E-state index contributed by atoms with van der Waals surface area (Å²) in [7, 11) is 0. The van der Waals surface area contributed by atoms with Gasteiger partial charge in [-0.2, -0.15) is 0 Å². The first-order chi connectivity index (χ1) is 14.2. The van der Waals surface area contributed by atoms with E-state index in [1.54, 1.807) is 6.20 Å². The fourth-order valence-electron chi connectivity index (χ4n) is 3.93. The normalized spacial score (nSPS) is 15.9. The van der Waals surface area contributed by atoms with Gasteiger partial charge in [-0.1, -0.05) is 30.3 Å². The number of Topliss-reactive ketones (excluding diaryl/α,β-unsaturated/α-hetero) is 1. The highest BCUT2D eigenvalue weighted by Gasteiger charge is 2.50. The highest BCUT2D eigenvalue weighted by Crippen LogP contribution is 2.51. The van der Waals surface area contributed by atoms with Crippen LogP contribution in [-0.2, 0) is 23.2 Å². The molecule has 2 aromatic carbocycles. The van der Waals surface area contributed by atoms with Gasteiger partial charge in [0, 0.05) is 25.3 Å². The molecule has 29 heavy (non-hydrogen) atoms. The smallest absolute Gasteiger partial charge is 0.231 e. The Labute approximate surface area is 170 Å². The van der Waals surface area contributed by atoms with Crippen LogP contribution in [0.2, 0.25) is 0 Å². The van der Waals surface area contributed by atoms with Crippen LogP contribution in [0.1, 0.15) is 31.1 Å². The lowest BCUT2D eigenvalue weighted by Gasteiger charge is -2.15. The number of rotatable bonds is 6. The lowest BCUT2D eigenvalue weighted by atomic mass is 9.88. The van der Waals surface area contributed by atoms with Crippen molar-refractivity contribution in [3.05, 3.63) is 77.6 Å². The van der Waals surface area contributed by atoms with Crippen LogP contribution in [0, 0.1) is 0 Å². The maximum absolute atomic E-state index is 13.1. The lowest BCUT2D eigenvalue weighted by Crippen LogP contribution is -2.22. The topological polar surface area (TPSA) is 68.7 Å². The second kappa shape index (κ2) is 7.01. The summed E-state index contributed by atoms with van der Waals surface area (Å²) >= 11 is 0. The van der Waals surface area contributed by atoms with E-state index in [1.165, 1.54) is 0 Å². The number of carbonyl (C=O) groups excluding carboxylic acids is 1. The first kappa shape index (κ1) is 17.9. The molecule has 1 fully saturated rings. The highest BCUT2D eigenvalue weighted by molar-refractivity contribution is 5.94. The molecule has 1 N–H and O–H groups in total. The number of benzene rings is 2. The summed E-state index contributed by atoms with van der Waals surface area (Å²) in [6.45, 7) is 0.243. The monoisotopic (exact) mass is 389 g/mol. The average molecular weight is 389 g/mol. The zero-order valence-corrected chi connectivity index (χ0v) is 15.9. The molecule has 0 amide bonds. The summed E-state index contributed by atoms with van der Waals surface area (Å²) in [5.74, 6) is 1.65. The standard InChI is InChI=1S/C24H21NO4.H2/c26-14-16-2-1-3-17(10-16)18-4-6-20(25-13-18)12-23(27)24(8-9-24)19-5-7-21-22(11-19)29-15-28-21;/h1-7,10-11,13,26H,8-9,12,14-15H2;1H. The van der Waals surface area contributed by atoms with Gasteiger partial charge in [0.2, 0.25) is 6.79 Å². The molecule has 1 aromatic heterocycles. The van der Waals surface area contributed by atoms with Crippen molar-refractivity contribution >= 4 is 5.78 Å². The minimum absolute atomic E-state index is 0. The first-order valence-corrected chi connectivity index (χ1v) is 9.76. The van der Waals surface area contributed by atoms with Crippen molar-refractivity contribution in [2.75, 3.05) is 6.79 Å². The van der Waals surface area contributed by atoms with E-state index in [-0.39, 0.29) is 20.6 Å². The zero-order chi connectivity index (χ0) is 19.8. The minimum Gasteiger partial charge on any atom is -0.454 e. The number of nitrogens with zero attached hydrogens (tertiary/aromatic N) is 1. The Balaban J connectivity index is 0.00000218. The Morgan fingerprint density at radius 2 is 1.90 bits per heavy atom. The third kappa shape index (κ3) is 3.28. The van der Waals surface area contributed by atoms with E-state index in [2.05, 4.69) is 4.98 Å². The van der Waals surface area contributed by atoms with Crippen LogP contribution in [-0.4, -0.2) is 22.7 Å². The summed E-state index contributed by atoms with van der Waals surface area (Å²) in [4.78, 5) is 17.6. The Hall–Kier alpha value is -3.18. The van der Waals surface area contributed by atoms with Crippen LogP contribution in [0.15, 0.2) is 60.8 Å². The maximum atomic E-state index is 13.1. The fourth-order valence-corrected chi connectivity index (χ4v) is 3.93. The van der Waals surface area contributed by atoms with Crippen LogP contribution < -0.4 is 9.47 Å². The van der Waals surface area contributed by atoms with Crippen molar-refractivity contribution in [1.82, 2.24) is 4.98 Å². The molecule has 0 bridgehead atoms. The Morgan fingerprint density at radius 1 is 1.03 bits per heavy atom. The molecule has 2 heterocycles. The molecule has 0 saturated heterocycles. The molecule has 148 valence electrons. The lowest BCUT2D eigenvalue weighted by molar-refractivity contribution is -0.120. The van der Waals surface area contributed by atoms with Crippen LogP contribution in [0.25, 0.3) is 11.1 Å². The predicted molar refractivity (Wildman–Crippen MR) is 110 cm³/mol. The molecule has 5 nitrogen and oxygen atoms in total. The van der Waals surface area contributed by atoms with Crippen molar-refractivity contribution in [3.63, 3.8) is 0 Å². The molecule has 0 unspecified atom stereocenters.